The van der Waals surface area contributed by atoms with Crippen molar-refractivity contribution in [3.05, 3.63) is 42.0 Å². The maximum absolute atomic E-state index is 10.5. The van der Waals surface area contributed by atoms with Crippen LogP contribution in [-0.4, -0.2) is 30.9 Å². The highest BCUT2D eigenvalue weighted by molar-refractivity contribution is 5.85. The fourth-order valence-corrected chi connectivity index (χ4v) is 1.28. The van der Waals surface area contributed by atoms with Crippen molar-refractivity contribution < 1.29 is 19.4 Å². The average Bonchev–Trinajstić information content (AvgIpc) is 2.38. The first-order valence-corrected chi connectivity index (χ1v) is 5.86. The third-order valence-corrected chi connectivity index (χ3v) is 2.29. The first-order valence-electron chi connectivity index (χ1n) is 5.86. The number of benzene rings is 1. The van der Waals surface area contributed by atoms with E-state index in [0.29, 0.717) is 31.8 Å². The number of aliphatic carboxylic acids is 1. The average molecular weight is 250 g/mol. The van der Waals surface area contributed by atoms with Crippen LogP contribution in [-0.2, 0) is 9.53 Å². The van der Waals surface area contributed by atoms with Gasteiger partial charge in [-0.25, -0.2) is 4.79 Å². The normalized spacial score (nSPS) is 11.3. The van der Waals surface area contributed by atoms with Gasteiger partial charge in [0.05, 0.1) is 13.2 Å². The van der Waals surface area contributed by atoms with Gasteiger partial charge >= 0.3 is 5.97 Å². The van der Waals surface area contributed by atoms with Crippen LogP contribution in [0, 0.1) is 0 Å². The molecule has 98 valence electrons. The Kier molecular flexibility index (Phi) is 6.58. The van der Waals surface area contributed by atoms with Gasteiger partial charge in [0, 0.05) is 5.57 Å². The molecule has 0 saturated heterocycles. The van der Waals surface area contributed by atoms with E-state index in [2.05, 4.69) is 0 Å². The number of carboxylic acid groups (broad SMARTS) is 1. The van der Waals surface area contributed by atoms with Crippen LogP contribution in [0.3, 0.4) is 0 Å². The molecule has 0 atom stereocenters. The zero-order valence-electron chi connectivity index (χ0n) is 10.5. The molecule has 0 amide bonds. The standard InChI is InChI=1S/C14H18O4/c1-12(14(15)16)6-5-9-17-10-11-18-13-7-3-2-4-8-13/h2-4,6-8H,5,9-11H2,1H3,(H,15,16). The summed E-state index contributed by atoms with van der Waals surface area (Å²) in [6.07, 6.45) is 2.25. The van der Waals surface area contributed by atoms with Crippen molar-refractivity contribution in [2.45, 2.75) is 13.3 Å². The predicted molar refractivity (Wildman–Crippen MR) is 68.8 cm³/mol. The molecule has 4 heteroatoms. The quantitative estimate of drug-likeness (QED) is 0.569. The molecular weight excluding hydrogens is 232 g/mol. The number of ether oxygens (including phenoxy) is 2. The van der Waals surface area contributed by atoms with Gasteiger partial charge in [-0.2, -0.15) is 0 Å². The summed E-state index contributed by atoms with van der Waals surface area (Å²) in [7, 11) is 0. The van der Waals surface area contributed by atoms with Gasteiger partial charge in [0.2, 0.25) is 0 Å². The summed E-state index contributed by atoms with van der Waals surface area (Å²) in [5.74, 6) is -0.0647. The second-order valence-electron chi connectivity index (χ2n) is 3.75. The summed E-state index contributed by atoms with van der Waals surface area (Å²) < 4.78 is 10.8. The van der Waals surface area contributed by atoms with E-state index in [4.69, 9.17) is 14.6 Å². The molecular formula is C14H18O4. The van der Waals surface area contributed by atoms with Gasteiger partial charge in [0.25, 0.3) is 0 Å². The minimum atomic E-state index is -0.887. The SMILES string of the molecule is CC(=CCCOCCOc1ccccc1)C(=O)O. The summed E-state index contributed by atoms with van der Waals surface area (Å²) in [5.41, 5.74) is 0.346. The third-order valence-electron chi connectivity index (χ3n) is 2.29. The van der Waals surface area contributed by atoms with Gasteiger partial charge < -0.3 is 14.6 Å². The van der Waals surface area contributed by atoms with Crippen molar-refractivity contribution in [1.29, 1.82) is 0 Å². The molecule has 0 bridgehead atoms. The van der Waals surface area contributed by atoms with Crippen LogP contribution in [0.1, 0.15) is 13.3 Å². The molecule has 0 aliphatic carbocycles. The summed E-state index contributed by atoms with van der Waals surface area (Å²) in [5, 5.41) is 8.62. The van der Waals surface area contributed by atoms with Crippen LogP contribution in [0.4, 0.5) is 0 Å². The highest BCUT2D eigenvalue weighted by Gasteiger charge is 1.97. The molecule has 1 aromatic rings. The van der Waals surface area contributed by atoms with E-state index in [9.17, 15) is 4.79 Å². The van der Waals surface area contributed by atoms with E-state index in [-0.39, 0.29) is 0 Å². The minimum Gasteiger partial charge on any atom is -0.491 e. The highest BCUT2D eigenvalue weighted by atomic mass is 16.5. The van der Waals surface area contributed by atoms with Gasteiger partial charge in [-0.1, -0.05) is 24.3 Å². The molecule has 1 rings (SSSR count). The summed E-state index contributed by atoms with van der Waals surface area (Å²) in [6.45, 7) is 3.06. The molecule has 0 heterocycles. The molecule has 0 saturated carbocycles. The predicted octanol–water partition coefficient (Wildman–Crippen LogP) is 2.50. The molecule has 0 unspecified atom stereocenters. The van der Waals surface area contributed by atoms with E-state index >= 15 is 0 Å². The fourth-order valence-electron chi connectivity index (χ4n) is 1.28. The van der Waals surface area contributed by atoms with E-state index in [1.807, 2.05) is 30.3 Å². The van der Waals surface area contributed by atoms with Crippen molar-refractivity contribution in [2.75, 3.05) is 19.8 Å². The molecule has 0 fully saturated rings. The monoisotopic (exact) mass is 250 g/mol. The Labute approximate surface area is 107 Å². The molecule has 0 spiro atoms. The maximum Gasteiger partial charge on any atom is 0.330 e. The van der Waals surface area contributed by atoms with E-state index in [1.165, 1.54) is 0 Å². The van der Waals surface area contributed by atoms with Crippen LogP contribution in [0.5, 0.6) is 5.75 Å². The van der Waals surface area contributed by atoms with Crippen molar-refractivity contribution in [3.8, 4) is 5.75 Å². The third kappa shape index (κ3) is 6.06. The Morgan fingerprint density at radius 3 is 2.61 bits per heavy atom. The largest absolute Gasteiger partial charge is 0.491 e. The lowest BCUT2D eigenvalue weighted by molar-refractivity contribution is -0.132. The van der Waals surface area contributed by atoms with Crippen molar-refractivity contribution in [1.82, 2.24) is 0 Å². The lowest BCUT2D eigenvalue weighted by Gasteiger charge is -2.06. The first kappa shape index (κ1) is 14.3. The van der Waals surface area contributed by atoms with Gasteiger partial charge in [0.15, 0.2) is 0 Å². The zero-order valence-corrected chi connectivity index (χ0v) is 10.5. The molecule has 4 nitrogen and oxygen atoms in total. The second kappa shape index (κ2) is 8.31. The van der Waals surface area contributed by atoms with Crippen LogP contribution in [0.2, 0.25) is 0 Å². The number of hydrogen-bond donors (Lipinski definition) is 1. The maximum atomic E-state index is 10.5. The van der Waals surface area contributed by atoms with Crippen molar-refractivity contribution in [2.24, 2.45) is 0 Å². The second-order valence-corrected chi connectivity index (χ2v) is 3.75. The topological polar surface area (TPSA) is 55.8 Å². The number of rotatable bonds is 8. The van der Waals surface area contributed by atoms with E-state index in [1.54, 1.807) is 13.0 Å². The van der Waals surface area contributed by atoms with Gasteiger partial charge in [-0.3, -0.25) is 0 Å². The first-order chi connectivity index (χ1) is 8.70. The Morgan fingerprint density at radius 1 is 1.22 bits per heavy atom. The number of carbonyl (C=O) groups is 1. The van der Waals surface area contributed by atoms with Crippen LogP contribution in [0.15, 0.2) is 42.0 Å². The highest BCUT2D eigenvalue weighted by Crippen LogP contribution is 2.07. The van der Waals surface area contributed by atoms with Gasteiger partial charge in [0.1, 0.15) is 12.4 Å². The Bertz CT molecular complexity index is 384. The van der Waals surface area contributed by atoms with Crippen LogP contribution >= 0.6 is 0 Å². The van der Waals surface area contributed by atoms with Crippen LogP contribution in [0.25, 0.3) is 0 Å². The van der Waals surface area contributed by atoms with Gasteiger partial charge in [-0.05, 0) is 25.5 Å². The minimum absolute atomic E-state index is 0.346. The molecule has 18 heavy (non-hydrogen) atoms. The van der Waals surface area contributed by atoms with Crippen LogP contribution < -0.4 is 4.74 Å². The molecule has 0 aliphatic heterocycles. The number of hydrogen-bond acceptors (Lipinski definition) is 3. The molecule has 1 N–H and O–H groups in total. The summed E-state index contributed by atoms with van der Waals surface area (Å²) in [6, 6.07) is 9.53. The molecule has 1 aromatic carbocycles. The smallest absolute Gasteiger partial charge is 0.330 e. The zero-order chi connectivity index (χ0) is 13.2. The summed E-state index contributed by atoms with van der Waals surface area (Å²) in [4.78, 5) is 10.5. The van der Waals surface area contributed by atoms with Gasteiger partial charge in [-0.15, -0.1) is 0 Å². The Hall–Kier alpha value is -1.81. The fraction of sp³-hybridized carbons (Fsp3) is 0.357. The van der Waals surface area contributed by atoms with Crippen molar-refractivity contribution >= 4 is 5.97 Å². The Balaban J connectivity index is 2.03. The van der Waals surface area contributed by atoms with E-state index in [0.717, 1.165) is 5.75 Å². The molecule has 0 aromatic heterocycles. The number of carboxylic acids is 1. The summed E-state index contributed by atoms with van der Waals surface area (Å²) >= 11 is 0. The van der Waals surface area contributed by atoms with Crippen molar-refractivity contribution in [3.63, 3.8) is 0 Å². The molecule has 0 radical (unpaired) electrons. The lowest BCUT2D eigenvalue weighted by Crippen LogP contribution is -2.07. The Morgan fingerprint density at radius 2 is 1.94 bits per heavy atom. The van der Waals surface area contributed by atoms with E-state index < -0.39 is 5.97 Å². The number of para-hydroxylation sites is 1. The lowest BCUT2D eigenvalue weighted by atomic mass is 10.2. The molecule has 0 aliphatic rings.